The minimum Gasteiger partial charge on any atom is -0.492 e. The molecule has 2 bridgehead atoms. The van der Waals surface area contributed by atoms with Crippen molar-refractivity contribution in [2.45, 2.75) is 50.7 Å². The molecule has 9 rings (SSSR count). The number of rotatable bonds is 9. The van der Waals surface area contributed by atoms with Crippen LogP contribution >= 0.6 is 0 Å². The molecule has 11 heteroatoms. The third kappa shape index (κ3) is 5.15. The summed E-state index contributed by atoms with van der Waals surface area (Å²) >= 11 is 0. The van der Waals surface area contributed by atoms with Gasteiger partial charge in [-0.05, 0) is 55.4 Å². The molecule has 5 fully saturated rings. The van der Waals surface area contributed by atoms with Gasteiger partial charge in [0.25, 0.3) is 0 Å². The van der Waals surface area contributed by atoms with Gasteiger partial charge in [-0.2, -0.15) is 10.4 Å². The number of carbonyl (C=O) groups is 1. The van der Waals surface area contributed by atoms with Gasteiger partial charge in [0, 0.05) is 74.3 Å². The molecule has 4 aromatic heterocycles. The van der Waals surface area contributed by atoms with Gasteiger partial charge in [0.1, 0.15) is 23.4 Å². The van der Waals surface area contributed by atoms with Crippen LogP contribution in [-0.2, 0) is 16.1 Å². The topological polar surface area (TPSA) is 118 Å². The van der Waals surface area contributed by atoms with E-state index in [0.717, 1.165) is 61.4 Å². The van der Waals surface area contributed by atoms with Gasteiger partial charge in [0.05, 0.1) is 49.2 Å². The van der Waals surface area contributed by atoms with Gasteiger partial charge in [0.2, 0.25) is 5.88 Å². The summed E-state index contributed by atoms with van der Waals surface area (Å²) in [7, 11) is 1.63. The van der Waals surface area contributed by atoms with E-state index in [-0.39, 0.29) is 5.41 Å². The SMILES string of the molecule is COc1ccc(CN2C3CC2CN(c2ccc(-c4cc(OCCC5CC(=O)C6(CCOC6)C5)cn5ncc(C#N)c45)cn2)C3)cn1. The lowest BCUT2D eigenvalue weighted by molar-refractivity contribution is -0.125. The first-order chi connectivity index (χ1) is 22.5. The fourth-order valence-electron chi connectivity index (χ4n) is 7.93. The van der Waals surface area contributed by atoms with E-state index in [2.05, 4.69) is 44.2 Å². The molecule has 4 aromatic rings. The second-order valence-corrected chi connectivity index (χ2v) is 13.2. The van der Waals surface area contributed by atoms with Crippen molar-refractivity contribution < 1.29 is 19.0 Å². The summed E-state index contributed by atoms with van der Waals surface area (Å²) in [5, 5.41) is 14.3. The number of anilines is 1. The highest BCUT2D eigenvalue weighted by atomic mass is 16.5. The van der Waals surface area contributed by atoms with Crippen LogP contribution < -0.4 is 14.4 Å². The van der Waals surface area contributed by atoms with Crippen LogP contribution in [0.5, 0.6) is 11.6 Å². The predicted octanol–water partition coefficient (Wildman–Crippen LogP) is 4.29. The number of ketones is 1. The molecule has 8 heterocycles. The van der Waals surface area contributed by atoms with Crippen molar-refractivity contribution in [3.63, 3.8) is 0 Å². The Balaban J connectivity index is 0.947. The Bertz CT molecular complexity index is 1780. The highest BCUT2D eigenvalue weighted by Crippen LogP contribution is 2.46. The van der Waals surface area contributed by atoms with Crippen molar-refractivity contribution in [2.75, 3.05) is 44.9 Å². The Labute approximate surface area is 267 Å². The Morgan fingerprint density at radius 3 is 2.74 bits per heavy atom. The molecule has 236 valence electrons. The molecule has 0 amide bonds. The van der Waals surface area contributed by atoms with Crippen molar-refractivity contribution in [3.8, 4) is 28.8 Å². The zero-order chi connectivity index (χ0) is 31.3. The zero-order valence-corrected chi connectivity index (χ0v) is 26.0. The first-order valence-corrected chi connectivity index (χ1v) is 16.1. The van der Waals surface area contributed by atoms with Crippen LogP contribution in [0, 0.1) is 22.7 Å². The number of hydrogen-bond donors (Lipinski definition) is 0. The molecule has 0 radical (unpaired) electrons. The number of ether oxygens (including phenoxy) is 3. The van der Waals surface area contributed by atoms with E-state index in [1.54, 1.807) is 17.8 Å². The van der Waals surface area contributed by atoms with Crippen molar-refractivity contribution in [1.82, 2.24) is 24.5 Å². The highest BCUT2D eigenvalue weighted by Gasteiger charge is 2.49. The van der Waals surface area contributed by atoms with Crippen molar-refractivity contribution in [3.05, 3.63) is 66.2 Å². The van der Waals surface area contributed by atoms with Gasteiger partial charge in [-0.1, -0.05) is 6.07 Å². The minimum atomic E-state index is -0.262. The van der Waals surface area contributed by atoms with Gasteiger partial charge in [0.15, 0.2) is 0 Å². The molecule has 4 unspecified atom stereocenters. The maximum atomic E-state index is 12.7. The molecular weight excluding hydrogens is 582 g/mol. The normalized spacial score (nSPS) is 25.6. The number of pyridine rings is 3. The molecule has 0 aromatic carbocycles. The molecule has 4 saturated heterocycles. The van der Waals surface area contributed by atoms with Gasteiger partial charge in [-0.25, -0.2) is 14.5 Å². The number of nitrogens with zero attached hydrogens (tertiary/aromatic N) is 7. The van der Waals surface area contributed by atoms with Crippen molar-refractivity contribution in [2.24, 2.45) is 11.3 Å². The summed E-state index contributed by atoms with van der Waals surface area (Å²) < 4.78 is 18.7. The van der Waals surface area contributed by atoms with Gasteiger partial charge in [-0.15, -0.1) is 0 Å². The number of carbonyl (C=O) groups excluding carboxylic acids is 1. The van der Waals surface area contributed by atoms with E-state index >= 15 is 0 Å². The molecule has 5 aliphatic rings. The lowest BCUT2D eigenvalue weighted by Crippen LogP contribution is -2.68. The molecule has 11 nitrogen and oxygen atoms in total. The fourth-order valence-corrected chi connectivity index (χ4v) is 7.93. The lowest BCUT2D eigenvalue weighted by atomic mass is 9.83. The largest absolute Gasteiger partial charge is 0.492 e. The quantitative estimate of drug-likeness (QED) is 0.269. The van der Waals surface area contributed by atoms with Crippen molar-refractivity contribution in [1.29, 1.82) is 5.26 Å². The molecule has 4 atom stereocenters. The average molecular weight is 620 g/mol. The summed E-state index contributed by atoms with van der Waals surface area (Å²) in [5.41, 5.74) is 3.92. The maximum absolute atomic E-state index is 12.7. The van der Waals surface area contributed by atoms with Crippen LogP contribution in [0.2, 0.25) is 0 Å². The minimum absolute atomic E-state index is 0.262. The zero-order valence-electron chi connectivity index (χ0n) is 26.0. The monoisotopic (exact) mass is 619 g/mol. The molecule has 1 saturated carbocycles. The van der Waals surface area contributed by atoms with Crippen molar-refractivity contribution >= 4 is 17.1 Å². The van der Waals surface area contributed by atoms with E-state index < -0.39 is 0 Å². The number of fused-ring (bicyclic) bond motifs is 3. The lowest BCUT2D eigenvalue weighted by Gasteiger charge is -2.56. The third-order valence-electron chi connectivity index (χ3n) is 10.4. The first kappa shape index (κ1) is 28.9. The van der Waals surface area contributed by atoms with E-state index in [1.165, 1.54) is 12.0 Å². The molecule has 1 spiro atoms. The number of piperazine rings is 1. The maximum Gasteiger partial charge on any atom is 0.212 e. The van der Waals surface area contributed by atoms with Crippen LogP contribution in [-0.4, -0.2) is 82.4 Å². The van der Waals surface area contributed by atoms with E-state index in [1.807, 2.05) is 30.7 Å². The Morgan fingerprint density at radius 1 is 1.13 bits per heavy atom. The van der Waals surface area contributed by atoms with Gasteiger partial charge in [-0.3, -0.25) is 9.69 Å². The summed E-state index contributed by atoms with van der Waals surface area (Å²) in [6, 6.07) is 13.4. The van der Waals surface area contributed by atoms with Crippen LogP contribution in [0.3, 0.4) is 0 Å². The smallest absolute Gasteiger partial charge is 0.212 e. The summed E-state index contributed by atoms with van der Waals surface area (Å²) in [6.07, 6.45) is 11.5. The van der Waals surface area contributed by atoms with E-state index in [4.69, 9.17) is 19.2 Å². The van der Waals surface area contributed by atoms with Crippen LogP contribution in [0.25, 0.3) is 16.6 Å². The number of Topliss-reactive ketones (excluding diaryl/α,β-unsaturated/α-hetero) is 1. The molecule has 1 aliphatic carbocycles. The summed E-state index contributed by atoms with van der Waals surface area (Å²) in [5.74, 6) is 2.93. The number of hydrogen-bond acceptors (Lipinski definition) is 10. The summed E-state index contributed by atoms with van der Waals surface area (Å²) in [4.78, 5) is 26.9. The second-order valence-electron chi connectivity index (χ2n) is 13.2. The first-order valence-electron chi connectivity index (χ1n) is 16.1. The Morgan fingerprint density at radius 2 is 2.02 bits per heavy atom. The highest BCUT2D eigenvalue weighted by molar-refractivity contribution is 5.87. The molecule has 46 heavy (non-hydrogen) atoms. The van der Waals surface area contributed by atoms with E-state index in [9.17, 15) is 10.1 Å². The predicted molar refractivity (Wildman–Crippen MR) is 170 cm³/mol. The van der Waals surface area contributed by atoms with Crippen LogP contribution in [0.4, 0.5) is 5.82 Å². The third-order valence-corrected chi connectivity index (χ3v) is 10.4. The Kier molecular flexibility index (Phi) is 7.34. The summed E-state index contributed by atoms with van der Waals surface area (Å²) in [6.45, 7) is 4.51. The molecular formula is C35H37N7O4. The standard InChI is InChI=1S/C35H37N7O4/c1-44-33-5-2-24(15-38-33)18-41-27-11-28(41)20-40(19-27)32-4-3-25(16-37-32)30-12-29(21-42-34(30)26(14-36)17-39-42)46-8-6-23-10-31(43)35(13-23)7-9-45-22-35/h2-5,12,15-17,21,23,27-28H,6-11,13,18-20,22H2,1H3. The average Bonchev–Trinajstić information content (AvgIpc) is 3.82. The van der Waals surface area contributed by atoms with E-state index in [0.29, 0.717) is 67.2 Å². The number of methoxy groups -OCH3 is 1. The molecule has 4 aliphatic heterocycles. The fraction of sp³-hybridized carbons (Fsp3) is 0.457. The van der Waals surface area contributed by atoms with Gasteiger partial charge < -0.3 is 19.1 Å². The Hall–Kier alpha value is -4.53. The molecule has 0 N–H and O–H groups in total. The number of piperidine rings is 1. The van der Waals surface area contributed by atoms with Gasteiger partial charge >= 0.3 is 0 Å². The number of nitriles is 1. The van der Waals surface area contributed by atoms with Crippen LogP contribution in [0.15, 0.2) is 55.1 Å². The second kappa shape index (κ2) is 11.7. The number of aromatic nitrogens is 4. The van der Waals surface area contributed by atoms with Crippen LogP contribution in [0.1, 0.15) is 43.2 Å².